The van der Waals surface area contributed by atoms with Gasteiger partial charge in [-0.15, -0.1) is 0 Å². The molecule has 1 aromatic heterocycles. The Kier molecular flexibility index (Phi) is 7.62. The summed E-state index contributed by atoms with van der Waals surface area (Å²) in [7, 11) is 0. The molecular weight excluding hydrogens is 460 g/mol. The van der Waals surface area contributed by atoms with E-state index in [4.69, 9.17) is 0 Å². The lowest BCUT2D eigenvalue weighted by atomic mass is 10.1. The molecule has 178 valence electrons. The Hall–Kier alpha value is -3.91. The van der Waals surface area contributed by atoms with E-state index in [0.717, 1.165) is 11.1 Å². The summed E-state index contributed by atoms with van der Waals surface area (Å²) >= 11 is 1.20. The second kappa shape index (κ2) is 11.0. The van der Waals surface area contributed by atoms with Crippen molar-refractivity contribution in [1.29, 1.82) is 0 Å². The number of aryl methyl sites for hydroxylation is 1. The number of benzene rings is 3. The van der Waals surface area contributed by atoms with Crippen molar-refractivity contribution in [2.75, 3.05) is 17.6 Å². The first kappa shape index (κ1) is 24.2. The summed E-state index contributed by atoms with van der Waals surface area (Å²) in [6, 6.07) is 22.0. The van der Waals surface area contributed by atoms with E-state index in [-0.39, 0.29) is 23.1 Å². The van der Waals surface area contributed by atoms with Gasteiger partial charge in [-0.2, -0.15) is 0 Å². The standard InChI is InChI=1S/C27H26N4O3S/c1-3-28-25(33)20-7-6-8-21(15-20)29-24(32)17-35-27-30-23-10-5-4-9-22(23)26(34)31(27)16-19-13-11-18(2)12-14-19/h4-15H,3,16-17H2,1-2H3,(H,28,33)(H,29,32). The molecule has 0 bridgehead atoms. The molecule has 0 saturated heterocycles. The normalized spacial score (nSPS) is 10.8. The van der Waals surface area contributed by atoms with Gasteiger partial charge in [0.1, 0.15) is 0 Å². The van der Waals surface area contributed by atoms with E-state index in [1.807, 2.05) is 50.2 Å². The van der Waals surface area contributed by atoms with Crippen LogP contribution in [0.15, 0.2) is 82.7 Å². The van der Waals surface area contributed by atoms with Crippen LogP contribution < -0.4 is 16.2 Å². The van der Waals surface area contributed by atoms with E-state index in [1.165, 1.54) is 11.8 Å². The van der Waals surface area contributed by atoms with Crippen molar-refractivity contribution in [2.45, 2.75) is 25.5 Å². The molecule has 0 fully saturated rings. The molecule has 0 unspecified atom stereocenters. The average Bonchev–Trinajstić information content (AvgIpc) is 2.86. The molecule has 7 nitrogen and oxygen atoms in total. The SMILES string of the molecule is CCNC(=O)c1cccc(NC(=O)CSc2nc3ccccc3c(=O)n2Cc2ccc(C)cc2)c1. The second-order valence-corrected chi connectivity index (χ2v) is 9.01. The van der Waals surface area contributed by atoms with Crippen molar-refractivity contribution < 1.29 is 9.59 Å². The molecule has 0 atom stereocenters. The molecule has 35 heavy (non-hydrogen) atoms. The number of carbonyl (C=O) groups excluding carboxylic acids is 2. The Balaban J connectivity index is 1.55. The molecule has 1 heterocycles. The van der Waals surface area contributed by atoms with Crippen LogP contribution in [0.3, 0.4) is 0 Å². The molecule has 0 radical (unpaired) electrons. The Morgan fingerprint density at radius 1 is 1.00 bits per heavy atom. The summed E-state index contributed by atoms with van der Waals surface area (Å²) < 4.78 is 1.61. The molecule has 0 aliphatic rings. The zero-order chi connectivity index (χ0) is 24.8. The molecular formula is C27H26N4O3S. The van der Waals surface area contributed by atoms with Gasteiger partial charge in [0.05, 0.1) is 23.2 Å². The number of para-hydroxylation sites is 1. The number of thioether (sulfide) groups is 1. The summed E-state index contributed by atoms with van der Waals surface area (Å²) in [4.78, 5) is 42.7. The second-order valence-electron chi connectivity index (χ2n) is 8.07. The van der Waals surface area contributed by atoms with E-state index in [0.29, 0.717) is 40.4 Å². The van der Waals surface area contributed by atoms with Gasteiger partial charge < -0.3 is 10.6 Å². The zero-order valence-corrected chi connectivity index (χ0v) is 20.4. The lowest BCUT2D eigenvalue weighted by Crippen LogP contribution is -2.25. The van der Waals surface area contributed by atoms with Crippen LogP contribution in [0.5, 0.6) is 0 Å². The van der Waals surface area contributed by atoms with Crippen LogP contribution in [0.1, 0.15) is 28.4 Å². The Labute approximate surface area is 207 Å². The van der Waals surface area contributed by atoms with Gasteiger partial charge in [-0.05, 0) is 49.7 Å². The monoisotopic (exact) mass is 486 g/mol. The number of nitrogens with one attached hydrogen (secondary N) is 2. The summed E-state index contributed by atoms with van der Waals surface area (Å²) in [6.07, 6.45) is 0. The number of hydrogen-bond donors (Lipinski definition) is 2. The predicted molar refractivity (Wildman–Crippen MR) is 140 cm³/mol. The van der Waals surface area contributed by atoms with E-state index < -0.39 is 0 Å². The highest BCUT2D eigenvalue weighted by Gasteiger charge is 2.14. The van der Waals surface area contributed by atoms with E-state index >= 15 is 0 Å². The number of amides is 2. The number of anilines is 1. The topological polar surface area (TPSA) is 93.1 Å². The van der Waals surface area contributed by atoms with Crippen molar-refractivity contribution >= 4 is 40.2 Å². The molecule has 4 rings (SSSR count). The first-order chi connectivity index (χ1) is 16.9. The largest absolute Gasteiger partial charge is 0.352 e. The Bertz CT molecular complexity index is 1430. The molecule has 0 saturated carbocycles. The number of hydrogen-bond acceptors (Lipinski definition) is 5. The van der Waals surface area contributed by atoms with Gasteiger partial charge in [-0.1, -0.05) is 59.8 Å². The molecule has 2 N–H and O–H groups in total. The van der Waals surface area contributed by atoms with E-state index in [2.05, 4.69) is 15.6 Å². The first-order valence-electron chi connectivity index (χ1n) is 11.3. The fourth-order valence-corrected chi connectivity index (χ4v) is 4.40. The number of nitrogens with zero attached hydrogens (tertiary/aromatic N) is 2. The maximum absolute atomic E-state index is 13.3. The van der Waals surface area contributed by atoms with Crippen LogP contribution in [-0.4, -0.2) is 33.7 Å². The van der Waals surface area contributed by atoms with Crippen LogP contribution in [0, 0.1) is 6.92 Å². The van der Waals surface area contributed by atoms with Gasteiger partial charge in [0, 0.05) is 17.8 Å². The van der Waals surface area contributed by atoms with Gasteiger partial charge in [0.25, 0.3) is 11.5 Å². The van der Waals surface area contributed by atoms with Crippen LogP contribution in [0.4, 0.5) is 5.69 Å². The van der Waals surface area contributed by atoms with Gasteiger partial charge in [-0.3, -0.25) is 19.0 Å². The van der Waals surface area contributed by atoms with Crippen LogP contribution in [0.2, 0.25) is 0 Å². The molecule has 0 aliphatic carbocycles. The van der Waals surface area contributed by atoms with Crippen molar-refractivity contribution in [3.63, 3.8) is 0 Å². The number of aromatic nitrogens is 2. The summed E-state index contributed by atoms with van der Waals surface area (Å²) in [5.41, 5.74) is 3.57. The lowest BCUT2D eigenvalue weighted by molar-refractivity contribution is -0.113. The zero-order valence-electron chi connectivity index (χ0n) is 19.6. The quantitative estimate of drug-likeness (QED) is 0.287. The molecule has 0 aliphatic heterocycles. The maximum atomic E-state index is 13.3. The lowest BCUT2D eigenvalue weighted by Gasteiger charge is -2.14. The van der Waals surface area contributed by atoms with Crippen molar-refractivity contribution in [3.05, 3.63) is 99.8 Å². The third kappa shape index (κ3) is 5.96. The third-order valence-electron chi connectivity index (χ3n) is 5.37. The average molecular weight is 487 g/mol. The van der Waals surface area contributed by atoms with Gasteiger partial charge in [-0.25, -0.2) is 4.98 Å². The minimum absolute atomic E-state index is 0.0596. The van der Waals surface area contributed by atoms with Gasteiger partial charge in [0.15, 0.2) is 5.16 Å². The van der Waals surface area contributed by atoms with Crippen molar-refractivity contribution in [3.8, 4) is 0 Å². The van der Waals surface area contributed by atoms with Crippen LogP contribution in [-0.2, 0) is 11.3 Å². The minimum atomic E-state index is -0.257. The summed E-state index contributed by atoms with van der Waals surface area (Å²) in [6.45, 7) is 4.74. The fraction of sp³-hybridized carbons (Fsp3) is 0.185. The van der Waals surface area contributed by atoms with E-state index in [9.17, 15) is 14.4 Å². The third-order valence-corrected chi connectivity index (χ3v) is 6.34. The fourth-order valence-electron chi connectivity index (χ4n) is 3.60. The molecule has 0 spiro atoms. The number of fused-ring (bicyclic) bond motifs is 1. The van der Waals surface area contributed by atoms with Crippen LogP contribution >= 0.6 is 11.8 Å². The van der Waals surface area contributed by atoms with E-state index in [1.54, 1.807) is 41.0 Å². The molecule has 4 aromatic rings. The Morgan fingerprint density at radius 3 is 2.54 bits per heavy atom. The smallest absolute Gasteiger partial charge is 0.262 e. The number of rotatable bonds is 8. The highest BCUT2D eigenvalue weighted by atomic mass is 32.2. The molecule has 8 heteroatoms. The van der Waals surface area contributed by atoms with Crippen LogP contribution in [0.25, 0.3) is 10.9 Å². The predicted octanol–water partition coefficient (Wildman–Crippen LogP) is 4.23. The molecule has 3 aromatic carbocycles. The highest BCUT2D eigenvalue weighted by molar-refractivity contribution is 7.99. The maximum Gasteiger partial charge on any atom is 0.262 e. The van der Waals surface area contributed by atoms with Crippen molar-refractivity contribution in [2.24, 2.45) is 0 Å². The summed E-state index contributed by atoms with van der Waals surface area (Å²) in [5, 5.41) is 6.57. The first-order valence-corrected chi connectivity index (χ1v) is 12.3. The minimum Gasteiger partial charge on any atom is -0.352 e. The number of carbonyl (C=O) groups is 2. The van der Waals surface area contributed by atoms with Crippen molar-refractivity contribution in [1.82, 2.24) is 14.9 Å². The highest BCUT2D eigenvalue weighted by Crippen LogP contribution is 2.20. The van der Waals surface area contributed by atoms with Gasteiger partial charge in [0.2, 0.25) is 5.91 Å². The molecule has 2 amide bonds. The Morgan fingerprint density at radius 2 is 1.77 bits per heavy atom. The van der Waals surface area contributed by atoms with Gasteiger partial charge >= 0.3 is 0 Å². The summed E-state index contributed by atoms with van der Waals surface area (Å²) in [5.74, 6) is -0.393.